The van der Waals surface area contributed by atoms with Gasteiger partial charge in [-0.3, -0.25) is 9.59 Å². The summed E-state index contributed by atoms with van der Waals surface area (Å²) in [5.41, 5.74) is 2.67. The molecule has 34 heavy (non-hydrogen) atoms. The third-order valence-corrected chi connectivity index (χ3v) is 8.95. The standard InChI is InChI=1S/C26H32N2O5S/c1-4-33-25(30)26(13-14-26)21-7-9-22(10-8-21)27-24(29)20-11-15-28(16-12-20)34(31,32)23-17-18(2)5-6-19(23)3/h5-10,17,20H,4,11-16H2,1-3H3,(H,27,29). The molecule has 0 unspecified atom stereocenters. The number of carbonyl (C=O) groups is 2. The fourth-order valence-electron chi connectivity index (χ4n) is 4.60. The number of hydrogen-bond donors (Lipinski definition) is 1. The predicted octanol–water partition coefficient (Wildman–Crippen LogP) is 3.94. The summed E-state index contributed by atoms with van der Waals surface area (Å²) in [6.45, 7) is 6.47. The Morgan fingerprint density at radius 3 is 2.29 bits per heavy atom. The highest BCUT2D eigenvalue weighted by Crippen LogP contribution is 2.49. The molecule has 2 aromatic carbocycles. The molecule has 1 saturated carbocycles. The largest absolute Gasteiger partial charge is 0.465 e. The Labute approximate surface area is 201 Å². The number of nitrogens with one attached hydrogen (secondary N) is 1. The maximum Gasteiger partial charge on any atom is 0.316 e. The van der Waals surface area contributed by atoms with Crippen molar-refractivity contribution in [2.45, 2.75) is 56.8 Å². The molecule has 1 saturated heterocycles. The minimum Gasteiger partial charge on any atom is -0.465 e. The van der Waals surface area contributed by atoms with Gasteiger partial charge in [0.05, 0.1) is 16.9 Å². The first-order valence-electron chi connectivity index (χ1n) is 11.8. The first kappa shape index (κ1) is 24.4. The average molecular weight is 485 g/mol. The number of benzene rings is 2. The van der Waals surface area contributed by atoms with Gasteiger partial charge in [-0.25, -0.2) is 8.42 Å². The number of esters is 1. The maximum atomic E-state index is 13.1. The van der Waals surface area contributed by atoms with Crippen molar-refractivity contribution in [2.24, 2.45) is 5.92 Å². The average Bonchev–Trinajstić information content (AvgIpc) is 3.63. The van der Waals surface area contributed by atoms with Gasteiger partial charge in [0.25, 0.3) is 0 Å². The van der Waals surface area contributed by atoms with Crippen molar-refractivity contribution < 1.29 is 22.7 Å². The first-order chi connectivity index (χ1) is 16.2. The summed E-state index contributed by atoms with van der Waals surface area (Å²) in [6.07, 6.45) is 2.50. The van der Waals surface area contributed by atoms with Gasteiger partial charge in [-0.1, -0.05) is 24.3 Å². The van der Waals surface area contributed by atoms with Gasteiger partial charge < -0.3 is 10.1 Å². The number of nitrogens with zero attached hydrogens (tertiary/aromatic N) is 1. The molecule has 0 bridgehead atoms. The van der Waals surface area contributed by atoms with Crippen LogP contribution >= 0.6 is 0 Å². The molecule has 2 aromatic rings. The predicted molar refractivity (Wildman–Crippen MR) is 130 cm³/mol. The van der Waals surface area contributed by atoms with Crippen molar-refractivity contribution in [2.75, 3.05) is 25.0 Å². The van der Waals surface area contributed by atoms with Crippen LogP contribution in [0.4, 0.5) is 5.69 Å². The summed E-state index contributed by atoms with van der Waals surface area (Å²) in [5.74, 6) is -0.545. The molecule has 0 aromatic heterocycles. The Kier molecular flexibility index (Phi) is 6.82. The van der Waals surface area contributed by atoms with E-state index < -0.39 is 15.4 Å². The van der Waals surface area contributed by atoms with Crippen molar-refractivity contribution in [3.8, 4) is 0 Å². The summed E-state index contributed by atoms with van der Waals surface area (Å²) in [6, 6.07) is 12.8. The van der Waals surface area contributed by atoms with Crippen LogP contribution < -0.4 is 5.32 Å². The van der Waals surface area contributed by atoms with Crippen LogP contribution in [0.2, 0.25) is 0 Å². The summed E-state index contributed by atoms with van der Waals surface area (Å²) in [5, 5.41) is 2.94. The Balaban J connectivity index is 1.35. The van der Waals surface area contributed by atoms with Crippen LogP contribution in [0.15, 0.2) is 47.4 Å². The molecule has 8 heteroatoms. The molecule has 0 atom stereocenters. The van der Waals surface area contributed by atoms with Crippen molar-refractivity contribution in [1.29, 1.82) is 0 Å². The smallest absolute Gasteiger partial charge is 0.316 e. The number of hydrogen-bond acceptors (Lipinski definition) is 5. The molecule has 7 nitrogen and oxygen atoms in total. The number of aryl methyl sites for hydroxylation is 2. The minimum atomic E-state index is -3.58. The zero-order valence-electron chi connectivity index (χ0n) is 20.0. The van der Waals surface area contributed by atoms with Gasteiger partial charge in [-0.05, 0) is 81.3 Å². The minimum absolute atomic E-state index is 0.108. The van der Waals surface area contributed by atoms with Crippen molar-refractivity contribution in [3.63, 3.8) is 0 Å². The van der Waals surface area contributed by atoms with Gasteiger partial charge >= 0.3 is 5.97 Å². The van der Waals surface area contributed by atoms with Gasteiger partial charge in [0, 0.05) is 24.7 Å². The monoisotopic (exact) mass is 484 g/mol. The van der Waals surface area contributed by atoms with Crippen LogP contribution in [0, 0.1) is 19.8 Å². The molecule has 4 rings (SSSR count). The van der Waals surface area contributed by atoms with Gasteiger partial charge in [0.2, 0.25) is 15.9 Å². The van der Waals surface area contributed by atoms with Crippen LogP contribution in [0.5, 0.6) is 0 Å². The summed E-state index contributed by atoms with van der Waals surface area (Å²) in [7, 11) is -3.58. The second-order valence-electron chi connectivity index (χ2n) is 9.32. The third kappa shape index (κ3) is 4.74. The Bertz CT molecular complexity index is 1180. The molecule has 0 spiro atoms. The Morgan fingerprint density at radius 1 is 1.06 bits per heavy atom. The zero-order chi connectivity index (χ0) is 24.5. The molecule has 2 fully saturated rings. The number of amides is 1. The number of sulfonamides is 1. The van der Waals surface area contributed by atoms with E-state index in [1.165, 1.54) is 4.31 Å². The van der Waals surface area contributed by atoms with E-state index in [4.69, 9.17) is 4.74 Å². The molecule has 1 heterocycles. The fourth-order valence-corrected chi connectivity index (χ4v) is 6.38. The van der Waals surface area contributed by atoms with E-state index >= 15 is 0 Å². The van der Waals surface area contributed by atoms with Crippen molar-refractivity contribution in [1.82, 2.24) is 4.31 Å². The van der Waals surface area contributed by atoms with Gasteiger partial charge in [0.15, 0.2) is 0 Å². The molecule has 1 aliphatic heterocycles. The van der Waals surface area contributed by atoms with E-state index in [0.717, 1.165) is 29.5 Å². The van der Waals surface area contributed by atoms with E-state index in [0.29, 0.717) is 43.1 Å². The molecule has 0 radical (unpaired) electrons. The van der Waals surface area contributed by atoms with Gasteiger partial charge in [-0.2, -0.15) is 4.31 Å². The lowest BCUT2D eigenvalue weighted by atomic mass is 9.95. The number of carbonyl (C=O) groups excluding carboxylic acids is 2. The number of anilines is 1. The highest BCUT2D eigenvalue weighted by Gasteiger charge is 2.52. The van der Waals surface area contributed by atoms with Crippen LogP contribution in [0.1, 0.15) is 49.3 Å². The quantitative estimate of drug-likeness (QED) is 0.601. The van der Waals surface area contributed by atoms with E-state index in [1.807, 2.05) is 43.3 Å². The highest BCUT2D eigenvalue weighted by molar-refractivity contribution is 7.89. The van der Waals surface area contributed by atoms with Gasteiger partial charge in [-0.15, -0.1) is 0 Å². The highest BCUT2D eigenvalue weighted by atomic mass is 32.2. The molecule has 1 N–H and O–H groups in total. The summed E-state index contributed by atoms with van der Waals surface area (Å²) < 4.78 is 33.0. The number of piperidine rings is 1. The SMILES string of the molecule is CCOC(=O)C1(c2ccc(NC(=O)C3CCN(S(=O)(=O)c4cc(C)ccc4C)CC3)cc2)CC1. The van der Waals surface area contributed by atoms with Crippen LogP contribution in [-0.2, 0) is 29.8 Å². The maximum absolute atomic E-state index is 13.1. The van der Waals surface area contributed by atoms with E-state index in [9.17, 15) is 18.0 Å². The Morgan fingerprint density at radius 2 is 1.71 bits per heavy atom. The van der Waals surface area contributed by atoms with E-state index in [1.54, 1.807) is 19.9 Å². The van der Waals surface area contributed by atoms with Crippen LogP contribution in [-0.4, -0.2) is 44.3 Å². The van der Waals surface area contributed by atoms with Crippen molar-refractivity contribution >= 4 is 27.6 Å². The first-order valence-corrected chi connectivity index (χ1v) is 13.3. The molecule has 1 amide bonds. The van der Waals surface area contributed by atoms with E-state index in [2.05, 4.69) is 5.32 Å². The second kappa shape index (κ2) is 9.50. The normalized spacial score (nSPS) is 18.3. The fraction of sp³-hybridized carbons (Fsp3) is 0.462. The topological polar surface area (TPSA) is 92.8 Å². The molecule has 1 aliphatic carbocycles. The lowest BCUT2D eigenvalue weighted by Crippen LogP contribution is -2.41. The van der Waals surface area contributed by atoms with Crippen LogP contribution in [0.3, 0.4) is 0 Å². The van der Waals surface area contributed by atoms with E-state index in [-0.39, 0.29) is 17.8 Å². The molecular weight excluding hydrogens is 452 g/mol. The van der Waals surface area contributed by atoms with Crippen molar-refractivity contribution in [3.05, 3.63) is 59.2 Å². The number of ether oxygens (including phenoxy) is 1. The third-order valence-electron chi connectivity index (χ3n) is 6.91. The van der Waals surface area contributed by atoms with Gasteiger partial charge in [0.1, 0.15) is 0 Å². The molecule has 2 aliphatic rings. The second-order valence-corrected chi connectivity index (χ2v) is 11.2. The van der Waals surface area contributed by atoms with Crippen LogP contribution in [0.25, 0.3) is 0 Å². The lowest BCUT2D eigenvalue weighted by Gasteiger charge is -2.31. The zero-order valence-corrected chi connectivity index (χ0v) is 20.8. The summed E-state index contributed by atoms with van der Waals surface area (Å²) in [4.78, 5) is 25.4. The Hall–Kier alpha value is -2.71. The lowest BCUT2D eigenvalue weighted by molar-refractivity contribution is -0.146. The molecular formula is C26H32N2O5S. The molecule has 182 valence electrons. The number of rotatable bonds is 7. The summed E-state index contributed by atoms with van der Waals surface area (Å²) >= 11 is 0.